The first-order valence-corrected chi connectivity index (χ1v) is 9.97. The highest BCUT2D eigenvalue weighted by Crippen LogP contribution is 2.28. The lowest BCUT2D eigenvalue weighted by Crippen LogP contribution is -2.30. The molecule has 30 heavy (non-hydrogen) atoms. The van der Waals surface area contributed by atoms with Crippen LogP contribution in [0.2, 0.25) is 0 Å². The standard InChI is InChI=1S/C21H23F2N5O2/c1-2-28-20-17(12-26-28)19(27-16-3-5-30-6-4-16)18(11-24-20)21(29)25-10-13-7-14(22)9-15(23)8-13/h7-9,11-12,16H,2-6,10H2,1H3,(H,24,27)(H,25,29). The van der Waals surface area contributed by atoms with Crippen LogP contribution in [0.1, 0.15) is 35.7 Å². The molecule has 0 unspecified atom stereocenters. The molecule has 0 aliphatic carbocycles. The van der Waals surface area contributed by atoms with E-state index in [2.05, 4.69) is 20.7 Å². The number of fused-ring (bicyclic) bond motifs is 1. The number of carbonyl (C=O) groups is 1. The highest BCUT2D eigenvalue weighted by Gasteiger charge is 2.22. The number of anilines is 1. The van der Waals surface area contributed by atoms with Gasteiger partial charge in [0.2, 0.25) is 0 Å². The smallest absolute Gasteiger partial charge is 0.255 e. The van der Waals surface area contributed by atoms with Crippen molar-refractivity contribution in [2.45, 2.75) is 38.9 Å². The highest BCUT2D eigenvalue weighted by atomic mass is 19.1. The molecule has 0 spiro atoms. The largest absolute Gasteiger partial charge is 0.381 e. The van der Waals surface area contributed by atoms with Gasteiger partial charge in [0.05, 0.1) is 22.8 Å². The Morgan fingerprint density at radius 3 is 2.63 bits per heavy atom. The van der Waals surface area contributed by atoms with Crippen molar-refractivity contribution in [3.8, 4) is 0 Å². The topological polar surface area (TPSA) is 81.1 Å². The number of pyridine rings is 1. The van der Waals surface area contributed by atoms with E-state index in [1.807, 2.05) is 6.92 Å². The zero-order chi connectivity index (χ0) is 21.1. The van der Waals surface area contributed by atoms with Crippen LogP contribution in [0.4, 0.5) is 14.5 Å². The van der Waals surface area contributed by atoms with Gasteiger partial charge in [0, 0.05) is 44.6 Å². The third kappa shape index (κ3) is 4.25. The Morgan fingerprint density at radius 1 is 1.20 bits per heavy atom. The molecule has 0 saturated carbocycles. The highest BCUT2D eigenvalue weighted by molar-refractivity contribution is 6.06. The van der Waals surface area contributed by atoms with Gasteiger partial charge in [-0.05, 0) is 37.5 Å². The number of aryl methyl sites for hydroxylation is 1. The number of aromatic nitrogens is 3. The van der Waals surface area contributed by atoms with Gasteiger partial charge in [0.1, 0.15) is 11.6 Å². The van der Waals surface area contributed by atoms with E-state index in [0.717, 1.165) is 24.3 Å². The van der Waals surface area contributed by atoms with E-state index in [0.29, 0.717) is 42.2 Å². The third-order valence-corrected chi connectivity index (χ3v) is 5.16. The van der Waals surface area contributed by atoms with Gasteiger partial charge >= 0.3 is 0 Å². The van der Waals surface area contributed by atoms with E-state index < -0.39 is 11.6 Å². The van der Waals surface area contributed by atoms with Crippen LogP contribution in [-0.4, -0.2) is 39.9 Å². The van der Waals surface area contributed by atoms with Crippen LogP contribution in [0.25, 0.3) is 11.0 Å². The van der Waals surface area contributed by atoms with Crippen LogP contribution in [0.5, 0.6) is 0 Å². The number of carbonyl (C=O) groups excluding carboxylic acids is 1. The van der Waals surface area contributed by atoms with E-state index in [1.54, 1.807) is 10.9 Å². The molecular formula is C21H23F2N5O2. The molecule has 9 heteroatoms. The van der Waals surface area contributed by atoms with Crippen LogP contribution in [-0.2, 0) is 17.8 Å². The maximum Gasteiger partial charge on any atom is 0.255 e. The lowest BCUT2D eigenvalue weighted by molar-refractivity contribution is 0.0904. The van der Waals surface area contributed by atoms with Gasteiger partial charge in [0.15, 0.2) is 5.65 Å². The monoisotopic (exact) mass is 415 g/mol. The van der Waals surface area contributed by atoms with E-state index in [1.165, 1.54) is 18.3 Å². The van der Waals surface area contributed by atoms with Crippen molar-refractivity contribution < 1.29 is 18.3 Å². The second-order valence-electron chi connectivity index (χ2n) is 7.24. The number of hydrogen-bond donors (Lipinski definition) is 2. The van der Waals surface area contributed by atoms with Gasteiger partial charge in [-0.1, -0.05) is 0 Å². The first-order valence-electron chi connectivity index (χ1n) is 9.97. The van der Waals surface area contributed by atoms with Crippen molar-refractivity contribution in [1.82, 2.24) is 20.1 Å². The van der Waals surface area contributed by atoms with Crippen LogP contribution in [0, 0.1) is 11.6 Å². The Balaban J connectivity index is 1.62. The molecule has 1 aliphatic heterocycles. The second-order valence-corrected chi connectivity index (χ2v) is 7.24. The summed E-state index contributed by atoms with van der Waals surface area (Å²) in [5, 5.41) is 11.3. The summed E-state index contributed by atoms with van der Waals surface area (Å²) in [6, 6.07) is 3.34. The summed E-state index contributed by atoms with van der Waals surface area (Å²) in [5.74, 6) is -1.75. The molecule has 7 nitrogen and oxygen atoms in total. The quantitative estimate of drug-likeness (QED) is 0.646. The Kier molecular flexibility index (Phi) is 5.89. The molecule has 2 N–H and O–H groups in total. The van der Waals surface area contributed by atoms with Crippen molar-refractivity contribution in [3.05, 3.63) is 53.4 Å². The molecule has 1 aromatic carbocycles. The van der Waals surface area contributed by atoms with E-state index in [9.17, 15) is 13.6 Å². The van der Waals surface area contributed by atoms with E-state index in [-0.39, 0.29) is 18.5 Å². The second kappa shape index (κ2) is 8.74. The number of halogens is 2. The maximum atomic E-state index is 13.4. The van der Waals surface area contributed by atoms with Crippen LogP contribution >= 0.6 is 0 Å². The third-order valence-electron chi connectivity index (χ3n) is 5.16. The Labute approximate surface area is 172 Å². The molecule has 1 amide bonds. The van der Waals surface area contributed by atoms with Gasteiger partial charge in [-0.15, -0.1) is 0 Å². The summed E-state index contributed by atoms with van der Waals surface area (Å²) in [5.41, 5.74) is 2.06. The van der Waals surface area contributed by atoms with Crippen LogP contribution in [0.3, 0.4) is 0 Å². The van der Waals surface area contributed by atoms with Gasteiger partial charge in [-0.2, -0.15) is 5.10 Å². The Morgan fingerprint density at radius 2 is 1.93 bits per heavy atom. The lowest BCUT2D eigenvalue weighted by Gasteiger charge is -2.25. The van der Waals surface area contributed by atoms with Crippen molar-refractivity contribution in [2.75, 3.05) is 18.5 Å². The fraction of sp³-hybridized carbons (Fsp3) is 0.381. The Hall–Kier alpha value is -3.07. The molecule has 4 rings (SSSR count). The van der Waals surface area contributed by atoms with Crippen LogP contribution in [0.15, 0.2) is 30.6 Å². The summed E-state index contributed by atoms with van der Waals surface area (Å²) in [6.07, 6.45) is 4.87. The van der Waals surface area contributed by atoms with Crippen molar-refractivity contribution in [2.24, 2.45) is 0 Å². The lowest BCUT2D eigenvalue weighted by atomic mass is 10.1. The molecule has 3 aromatic rings. The summed E-state index contributed by atoms with van der Waals surface area (Å²) >= 11 is 0. The molecule has 3 heterocycles. The zero-order valence-corrected chi connectivity index (χ0v) is 16.6. The van der Waals surface area contributed by atoms with Gasteiger partial charge in [-0.3, -0.25) is 4.79 Å². The average molecular weight is 415 g/mol. The predicted octanol–water partition coefficient (Wildman–Crippen LogP) is 3.25. The first-order chi connectivity index (χ1) is 14.5. The minimum Gasteiger partial charge on any atom is -0.381 e. The van der Waals surface area contributed by atoms with E-state index in [4.69, 9.17) is 4.74 Å². The molecule has 0 bridgehead atoms. The number of amides is 1. The fourth-order valence-corrected chi connectivity index (χ4v) is 3.62. The Bertz CT molecular complexity index is 1040. The molecule has 1 saturated heterocycles. The number of ether oxygens (including phenoxy) is 1. The summed E-state index contributed by atoms with van der Waals surface area (Å²) in [7, 11) is 0. The van der Waals surface area contributed by atoms with Gasteiger partial charge in [-0.25, -0.2) is 18.4 Å². The molecule has 2 aromatic heterocycles. The van der Waals surface area contributed by atoms with Crippen molar-refractivity contribution >= 4 is 22.6 Å². The number of nitrogens with zero attached hydrogens (tertiary/aromatic N) is 3. The minimum absolute atomic E-state index is 0.00349. The number of hydrogen-bond acceptors (Lipinski definition) is 5. The predicted molar refractivity (Wildman–Crippen MR) is 108 cm³/mol. The van der Waals surface area contributed by atoms with Gasteiger partial charge < -0.3 is 15.4 Å². The van der Waals surface area contributed by atoms with Crippen molar-refractivity contribution in [1.29, 1.82) is 0 Å². The summed E-state index contributed by atoms with van der Waals surface area (Å²) < 4.78 is 34.0. The molecular weight excluding hydrogens is 392 g/mol. The molecule has 0 atom stereocenters. The SMILES string of the molecule is CCn1ncc2c(NC3CCOCC3)c(C(=O)NCc3cc(F)cc(F)c3)cnc21. The molecule has 158 valence electrons. The molecule has 1 aliphatic rings. The normalized spacial score (nSPS) is 14.8. The number of rotatable bonds is 6. The average Bonchev–Trinajstić information content (AvgIpc) is 3.16. The maximum absolute atomic E-state index is 13.4. The van der Waals surface area contributed by atoms with E-state index >= 15 is 0 Å². The van der Waals surface area contributed by atoms with Crippen LogP contribution < -0.4 is 10.6 Å². The van der Waals surface area contributed by atoms with Gasteiger partial charge in [0.25, 0.3) is 5.91 Å². The zero-order valence-electron chi connectivity index (χ0n) is 16.6. The summed E-state index contributed by atoms with van der Waals surface area (Å²) in [4.78, 5) is 17.4. The summed E-state index contributed by atoms with van der Waals surface area (Å²) in [6.45, 7) is 3.94. The molecule has 0 radical (unpaired) electrons. The minimum atomic E-state index is -0.684. The fourth-order valence-electron chi connectivity index (χ4n) is 3.62. The molecule has 1 fully saturated rings. The first kappa shape index (κ1) is 20.2. The number of benzene rings is 1. The number of nitrogens with one attached hydrogen (secondary N) is 2. The van der Waals surface area contributed by atoms with Crippen molar-refractivity contribution in [3.63, 3.8) is 0 Å².